The molecule has 1 atom stereocenters. The summed E-state index contributed by atoms with van der Waals surface area (Å²) in [6, 6.07) is 7.54. The summed E-state index contributed by atoms with van der Waals surface area (Å²) in [5.41, 5.74) is 1.80. The minimum Gasteiger partial charge on any atom is -0.339 e. The molecular weight excluding hydrogens is 376 g/mol. The minimum absolute atomic E-state index is 0.204. The fourth-order valence-corrected chi connectivity index (χ4v) is 2.03. The molecule has 0 radical (unpaired) electrons. The van der Waals surface area contributed by atoms with E-state index in [9.17, 15) is 4.79 Å². The number of carbonyl (C=O) groups is 1. The maximum Gasteiger partial charge on any atom is 0.236 e. The lowest BCUT2D eigenvalue weighted by Crippen LogP contribution is -2.56. The highest BCUT2D eigenvalue weighted by molar-refractivity contribution is 7.80. The summed E-state index contributed by atoms with van der Waals surface area (Å²) in [4.78, 5) is 11.3. The standard InChI is InChI=1S/C12H13Cl4N3OS/c1-7-4-2-3-5-8(7)17-11(21)19-10(12(14,15)16)18-9(20)6-13/h2-5,10H,6H2,1H3,(H,18,20)(H2,17,19,21). The lowest BCUT2D eigenvalue weighted by Gasteiger charge is -2.27. The van der Waals surface area contributed by atoms with Crippen molar-refractivity contribution < 1.29 is 4.79 Å². The zero-order valence-corrected chi connectivity index (χ0v) is 14.8. The second kappa shape index (κ2) is 8.25. The molecule has 4 nitrogen and oxygen atoms in total. The van der Waals surface area contributed by atoms with Gasteiger partial charge in [0.25, 0.3) is 0 Å². The van der Waals surface area contributed by atoms with Gasteiger partial charge in [-0.05, 0) is 30.8 Å². The molecule has 0 fully saturated rings. The van der Waals surface area contributed by atoms with Gasteiger partial charge >= 0.3 is 0 Å². The van der Waals surface area contributed by atoms with Crippen LogP contribution in [-0.4, -0.2) is 26.9 Å². The van der Waals surface area contributed by atoms with E-state index >= 15 is 0 Å². The summed E-state index contributed by atoms with van der Waals surface area (Å²) in [5, 5.41) is 8.33. The first-order chi connectivity index (χ1) is 9.74. The SMILES string of the molecule is Cc1ccccc1NC(=S)NC(NC(=O)CCl)C(Cl)(Cl)Cl. The molecule has 0 aromatic heterocycles. The van der Waals surface area contributed by atoms with E-state index in [4.69, 9.17) is 58.6 Å². The van der Waals surface area contributed by atoms with Gasteiger partial charge in [-0.1, -0.05) is 53.0 Å². The van der Waals surface area contributed by atoms with E-state index in [-0.39, 0.29) is 11.0 Å². The number of anilines is 1. The molecule has 0 saturated heterocycles. The highest BCUT2D eigenvalue weighted by Gasteiger charge is 2.34. The Balaban J connectivity index is 2.73. The monoisotopic (exact) mass is 387 g/mol. The summed E-state index contributed by atoms with van der Waals surface area (Å²) < 4.78 is -1.79. The maximum atomic E-state index is 11.3. The Kier molecular flexibility index (Phi) is 7.30. The van der Waals surface area contributed by atoms with E-state index in [1.54, 1.807) is 0 Å². The van der Waals surface area contributed by atoms with Crippen LogP contribution in [0.1, 0.15) is 5.56 Å². The molecule has 1 amide bonds. The number of alkyl halides is 4. The average molecular weight is 389 g/mol. The molecule has 1 aromatic rings. The first-order valence-electron chi connectivity index (χ1n) is 5.79. The number of halogens is 4. The Morgan fingerprint density at radius 2 is 1.90 bits per heavy atom. The molecule has 1 unspecified atom stereocenters. The van der Waals surface area contributed by atoms with Gasteiger partial charge in [0, 0.05) is 5.69 Å². The Hall–Kier alpha value is -0.460. The average Bonchev–Trinajstić information content (AvgIpc) is 2.39. The Morgan fingerprint density at radius 1 is 1.29 bits per heavy atom. The number of benzene rings is 1. The topological polar surface area (TPSA) is 53.2 Å². The van der Waals surface area contributed by atoms with Crippen LogP contribution in [0.5, 0.6) is 0 Å². The van der Waals surface area contributed by atoms with Crippen LogP contribution in [0, 0.1) is 6.92 Å². The van der Waals surface area contributed by atoms with Crippen molar-refractivity contribution in [3.05, 3.63) is 29.8 Å². The quantitative estimate of drug-likeness (QED) is 0.420. The van der Waals surface area contributed by atoms with Crippen molar-refractivity contribution in [3.8, 4) is 0 Å². The van der Waals surface area contributed by atoms with Crippen molar-refractivity contribution in [2.75, 3.05) is 11.2 Å². The van der Waals surface area contributed by atoms with Gasteiger partial charge in [0.1, 0.15) is 12.0 Å². The van der Waals surface area contributed by atoms with Gasteiger partial charge in [-0.25, -0.2) is 0 Å². The zero-order chi connectivity index (χ0) is 16.0. The molecule has 0 aliphatic heterocycles. The number of carbonyl (C=O) groups excluding carboxylic acids is 1. The first kappa shape index (κ1) is 18.6. The second-order valence-corrected chi connectivity index (χ2v) is 7.13. The van der Waals surface area contributed by atoms with Crippen LogP contribution < -0.4 is 16.0 Å². The fraction of sp³-hybridized carbons (Fsp3) is 0.333. The van der Waals surface area contributed by atoms with Gasteiger partial charge < -0.3 is 16.0 Å². The van der Waals surface area contributed by atoms with E-state index in [0.717, 1.165) is 11.3 Å². The molecular formula is C12H13Cl4N3OS. The van der Waals surface area contributed by atoms with E-state index in [1.165, 1.54) is 0 Å². The zero-order valence-electron chi connectivity index (χ0n) is 10.9. The summed E-state index contributed by atoms with van der Waals surface area (Å²) >= 11 is 28.0. The van der Waals surface area contributed by atoms with Crippen molar-refractivity contribution in [2.45, 2.75) is 16.9 Å². The van der Waals surface area contributed by atoms with Crippen LogP contribution in [0.4, 0.5) is 5.69 Å². The summed E-state index contributed by atoms with van der Waals surface area (Å²) in [6.45, 7) is 1.92. The molecule has 0 aliphatic carbocycles. The number of amides is 1. The highest BCUT2D eigenvalue weighted by atomic mass is 35.6. The number of nitrogens with one attached hydrogen (secondary N) is 3. The van der Waals surface area contributed by atoms with Gasteiger partial charge in [0.2, 0.25) is 9.70 Å². The van der Waals surface area contributed by atoms with Crippen LogP contribution >= 0.6 is 58.6 Å². The summed E-state index contributed by atoms with van der Waals surface area (Å²) in [7, 11) is 0. The van der Waals surface area contributed by atoms with Gasteiger partial charge in [0.05, 0.1) is 0 Å². The third-order valence-corrected chi connectivity index (χ3v) is 3.54. The molecule has 3 N–H and O–H groups in total. The summed E-state index contributed by atoms with van der Waals surface area (Å²) in [6.07, 6.45) is -1.02. The number of aryl methyl sites for hydroxylation is 1. The van der Waals surface area contributed by atoms with Crippen molar-refractivity contribution in [3.63, 3.8) is 0 Å². The van der Waals surface area contributed by atoms with Crippen molar-refractivity contribution in [1.82, 2.24) is 10.6 Å². The summed E-state index contributed by atoms with van der Waals surface area (Å²) in [5.74, 6) is -0.740. The third-order valence-electron chi connectivity index (χ3n) is 2.42. The number of hydrogen-bond donors (Lipinski definition) is 3. The van der Waals surface area contributed by atoms with Crippen LogP contribution in [0.3, 0.4) is 0 Å². The van der Waals surface area contributed by atoms with E-state index in [2.05, 4.69) is 16.0 Å². The van der Waals surface area contributed by atoms with E-state index in [1.807, 2.05) is 31.2 Å². The van der Waals surface area contributed by atoms with Crippen LogP contribution in [-0.2, 0) is 4.79 Å². The van der Waals surface area contributed by atoms with Crippen LogP contribution in [0.2, 0.25) is 0 Å². The van der Waals surface area contributed by atoms with Crippen molar-refractivity contribution >= 4 is 75.3 Å². The molecule has 0 aliphatic rings. The molecule has 0 saturated carbocycles. The predicted molar refractivity (Wildman–Crippen MR) is 93.5 cm³/mol. The number of rotatable bonds is 4. The van der Waals surface area contributed by atoms with E-state index in [0.29, 0.717) is 0 Å². The molecule has 9 heteroatoms. The Bertz CT molecular complexity index is 521. The van der Waals surface area contributed by atoms with Crippen LogP contribution in [0.15, 0.2) is 24.3 Å². The van der Waals surface area contributed by atoms with Crippen LogP contribution in [0.25, 0.3) is 0 Å². The molecule has 0 spiro atoms. The Labute approximate surface area is 148 Å². The van der Waals surface area contributed by atoms with E-state index < -0.39 is 15.9 Å². The lowest BCUT2D eigenvalue weighted by atomic mass is 10.2. The van der Waals surface area contributed by atoms with Gasteiger partial charge in [-0.15, -0.1) is 11.6 Å². The molecule has 0 heterocycles. The minimum atomic E-state index is -1.79. The second-order valence-electron chi connectivity index (χ2n) is 4.09. The van der Waals surface area contributed by atoms with Crippen molar-refractivity contribution in [1.29, 1.82) is 0 Å². The van der Waals surface area contributed by atoms with Gasteiger partial charge in [-0.3, -0.25) is 4.79 Å². The smallest absolute Gasteiger partial charge is 0.236 e. The first-order valence-corrected chi connectivity index (χ1v) is 7.87. The number of thiocarbonyl (C=S) groups is 1. The lowest BCUT2D eigenvalue weighted by molar-refractivity contribution is -0.119. The van der Waals surface area contributed by atoms with Gasteiger partial charge in [-0.2, -0.15) is 0 Å². The molecule has 21 heavy (non-hydrogen) atoms. The highest BCUT2D eigenvalue weighted by Crippen LogP contribution is 2.29. The van der Waals surface area contributed by atoms with Crippen molar-refractivity contribution in [2.24, 2.45) is 0 Å². The third kappa shape index (κ3) is 6.45. The maximum absolute atomic E-state index is 11.3. The number of para-hydroxylation sites is 1. The molecule has 1 rings (SSSR count). The fourth-order valence-electron chi connectivity index (χ4n) is 1.40. The number of hydrogen-bond acceptors (Lipinski definition) is 2. The molecule has 0 bridgehead atoms. The largest absolute Gasteiger partial charge is 0.339 e. The normalized spacial score (nSPS) is 12.4. The predicted octanol–water partition coefficient (Wildman–Crippen LogP) is 3.33. The Morgan fingerprint density at radius 3 is 2.43 bits per heavy atom. The molecule has 1 aromatic carbocycles. The molecule has 116 valence electrons. The van der Waals surface area contributed by atoms with Gasteiger partial charge in [0.15, 0.2) is 5.11 Å².